The predicted octanol–water partition coefficient (Wildman–Crippen LogP) is 4.93. The van der Waals surface area contributed by atoms with Gasteiger partial charge in [0.1, 0.15) is 131 Å². The molecule has 36 heteroatoms. The average molecular weight is 1420 g/mol. The minimum Gasteiger partial charge on any atom is -0.506 e. The molecule has 31 nitrogen and oxygen atoms in total. The van der Waals surface area contributed by atoms with Crippen LogP contribution in [0.3, 0.4) is 0 Å². The Bertz CT molecular complexity index is 4600. The van der Waals surface area contributed by atoms with Gasteiger partial charge in [0, 0.05) is 49.8 Å². The Hall–Kier alpha value is -9.52. The van der Waals surface area contributed by atoms with E-state index in [9.17, 15) is 45.0 Å². The first kappa shape index (κ1) is 67.5. The Kier molecular flexibility index (Phi) is 18.9. The second-order valence-electron chi connectivity index (χ2n) is 23.1. The largest absolute Gasteiger partial charge is 0.506 e. The van der Waals surface area contributed by atoms with E-state index in [1.807, 2.05) is 0 Å². The third kappa shape index (κ3) is 13.3. The number of aromatic nitrogens is 7. The van der Waals surface area contributed by atoms with Crippen molar-refractivity contribution in [2.24, 2.45) is 0 Å². The number of fused-ring (bicyclic) bond motifs is 15. The molecule has 1 fully saturated rings. The summed E-state index contributed by atoms with van der Waals surface area (Å²) in [5, 5.41) is 76.8. The number of likely N-dealkylation sites (N-methyl/N-ethyl adjacent to an activating group) is 1. The second kappa shape index (κ2) is 27.2. The van der Waals surface area contributed by atoms with E-state index < -0.39 is 133 Å². The number of thiazole rings is 5. The molecular weight excluding hydrogens is 1360 g/mol. The summed E-state index contributed by atoms with van der Waals surface area (Å²) >= 11 is 4.52. The Morgan fingerprint density at radius 2 is 1.55 bits per heavy atom. The number of cyclic esters (lactones) is 2. The second-order valence-corrected chi connectivity index (χ2v) is 27.4. The molecule has 97 heavy (non-hydrogen) atoms. The highest BCUT2D eigenvalue weighted by atomic mass is 32.1. The first-order chi connectivity index (χ1) is 46.3. The standard InChI is InChI=1S/C61H58N14O17S5/c1-23(14-62)63-49(78)32-20-96-57(68-32)43-37(77)12-28-42(70-43)31-18-94-55(65-31)30-17-90-59(83)45-29-16-88-46(47(92-38-13-61(5,85)48(74(6)7)26(4)91-38)60(84)89-15-27-10-9-11-36(39(27)29)75(45)86)44(58-69-33(21-97-58)50(79)64-30)73-52(81)35-22-95-56(67-35)41(25(3)87-8)72-53(82)40(24(2)76)71-51(80)34-19-93-54(28)66-34/h9-12,18-22,24,26,30,38,40,44,46-48,76-77,85-86H,1,13,15-17H2,2-8H3,(H,63,78)(H,64,79)(H,71,80)(H,72,82)(H,73,81)/b41-25+/t24-,26+,30+,38+,40+,44+,46+,47+,48-,61+/m1/s1. The summed E-state index contributed by atoms with van der Waals surface area (Å²) in [7, 11) is 4.84. The zero-order valence-corrected chi connectivity index (χ0v) is 56.2. The number of nitriles is 1. The van der Waals surface area contributed by atoms with Gasteiger partial charge in [0.2, 0.25) is 5.91 Å². The molecule has 0 spiro atoms. The maximum Gasteiger partial charge on any atom is 0.358 e. The van der Waals surface area contributed by atoms with Gasteiger partial charge in [-0.1, -0.05) is 18.7 Å². The minimum atomic E-state index is -1.91. The fourth-order valence-electron chi connectivity index (χ4n) is 11.7. The lowest BCUT2D eigenvalue weighted by Crippen LogP contribution is -2.62. The van der Waals surface area contributed by atoms with Crippen molar-refractivity contribution in [2.75, 3.05) is 27.8 Å². The molecule has 7 aromatic heterocycles. The van der Waals surface area contributed by atoms with Gasteiger partial charge in [0.05, 0.1) is 43.1 Å². The van der Waals surface area contributed by atoms with Crippen molar-refractivity contribution in [1.82, 2.24) is 66.1 Å². The molecule has 0 unspecified atom stereocenters. The molecule has 11 heterocycles. The SMILES string of the molecule is C=C(C#N)NC(=O)c1csc(-c2nc3c(cc2O)-c2nc(cs2)C(=O)N[C@@H]([C@@H](C)O)C(=O)N/C(=C(\C)OC)c2nc(cs2)C(=O)N[C@@H]2c4nc(cs4)C(=O)N[C@@H](COC(=O)c4c5c6c(cccc6n4O)COC(=O)[C@@H](O[C@H]4C[C@](C)(O)[C@H](N(C)C)[C@H](C)O4)[C@H]2OC5)c2nc-3cs2)n1. The Morgan fingerprint density at radius 1 is 0.876 bits per heavy atom. The molecule has 5 amide bonds. The number of hydrogen-bond donors (Lipinski definition) is 9. The van der Waals surface area contributed by atoms with Crippen molar-refractivity contribution in [2.45, 2.75) is 108 Å². The lowest BCUT2D eigenvalue weighted by atomic mass is 9.85. The monoisotopic (exact) mass is 1420 g/mol. The van der Waals surface area contributed by atoms with Crippen LogP contribution in [-0.2, 0) is 51.2 Å². The van der Waals surface area contributed by atoms with Crippen molar-refractivity contribution in [3.05, 3.63) is 124 Å². The summed E-state index contributed by atoms with van der Waals surface area (Å²) in [4.78, 5) is 132. The van der Waals surface area contributed by atoms with E-state index in [0.717, 1.165) is 56.7 Å². The van der Waals surface area contributed by atoms with Crippen molar-refractivity contribution in [3.8, 4) is 44.5 Å². The van der Waals surface area contributed by atoms with Crippen LogP contribution in [0, 0.1) is 11.3 Å². The van der Waals surface area contributed by atoms with Crippen LogP contribution in [0.4, 0.5) is 0 Å². The van der Waals surface area contributed by atoms with Crippen molar-refractivity contribution in [3.63, 3.8) is 0 Å². The highest BCUT2D eigenvalue weighted by Gasteiger charge is 2.50. The smallest absolute Gasteiger partial charge is 0.358 e. The molecule has 4 aliphatic rings. The maximum atomic E-state index is 15.2. The van der Waals surface area contributed by atoms with E-state index in [-0.39, 0.29) is 110 Å². The molecule has 9 N–H and O–H groups in total. The number of carbonyl (C=O) groups excluding carboxylic acids is 7. The summed E-state index contributed by atoms with van der Waals surface area (Å²) in [5.74, 6) is -7.13. The maximum absolute atomic E-state index is 15.2. The van der Waals surface area contributed by atoms with E-state index in [1.165, 1.54) is 60.0 Å². The Balaban J connectivity index is 1.04. The van der Waals surface area contributed by atoms with Crippen LogP contribution >= 0.6 is 56.7 Å². The highest BCUT2D eigenvalue weighted by molar-refractivity contribution is 7.14. The van der Waals surface area contributed by atoms with E-state index in [1.54, 1.807) is 51.0 Å². The lowest BCUT2D eigenvalue weighted by molar-refractivity contribution is -0.280. The number of amides is 5. The van der Waals surface area contributed by atoms with Crippen LogP contribution in [0.1, 0.15) is 125 Å². The summed E-state index contributed by atoms with van der Waals surface area (Å²) in [6.07, 6.45) is -7.53. The summed E-state index contributed by atoms with van der Waals surface area (Å²) in [5.41, 5.74) is -2.94. The molecule has 0 saturated carbocycles. The van der Waals surface area contributed by atoms with Crippen molar-refractivity contribution >= 4 is 115 Å². The summed E-state index contributed by atoms with van der Waals surface area (Å²) < 4.78 is 38.2. The number of pyridine rings is 1. The number of nitrogens with one attached hydrogen (secondary N) is 5. The van der Waals surface area contributed by atoms with E-state index in [4.69, 9.17) is 43.4 Å². The molecular formula is C61H58N14O17S5. The van der Waals surface area contributed by atoms with E-state index in [0.29, 0.717) is 10.3 Å². The molecule has 0 radical (unpaired) electrons. The third-order valence-corrected chi connectivity index (χ3v) is 20.6. The van der Waals surface area contributed by atoms with Gasteiger partial charge in [-0.15, -0.1) is 56.7 Å². The molecule has 12 rings (SSSR count). The van der Waals surface area contributed by atoms with Gasteiger partial charge in [0.25, 0.3) is 23.6 Å². The molecule has 1 aromatic carbocycles. The van der Waals surface area contributed by atoms with Gasteiger partial charge >= 0.3 is 11.9 Å². The molecule has 10 atom stereocenters. The Labute approximate surface area is 569 Å². The molecule has 8 aromatic rings. The zero-order valence-electron chi connectivity index (χ0n) is 52.1. The van der Waals surface area contributed by atoms with E-state index in [2.05, 4.69) is 48.1 Å². The molecule has 12 bridgehead atoms. The summed E-state index contributed by atoms with van der Waals surface area (Å²) in [6, 6.07) is 2.41. The van der Waals surface area contributed by atoms with Gasteiger partial charge < -0.3 is 80.4 Å². The fourth-order valence-corrected chi connectivity index (χ4v) is 15.9. The number of ether oxygens (including phenoxy) is 6. The number of allylic oxidation sites excluding steroid dienone is 2. The number of methoxy groups -OCH3 is 1. The number of aliphatic hydroxyl groups excluding tert-OH is 1. The summed E-state index contributed by atoms with van der Waals surface area (Å²) in [6.45, 7) is 7.74. The number of carbonyl (C=O) groups is 7. The topological polar surface area (TPSA) is 425 Å². The first-order valence-electron chi connectivity index (χ1n) is 29.4. The van der Waals surface area contributed by atoms with Gasteiger partial charge in [-0.3, -0.25) is 24.0 Å². The number of aliphatic hydroxyl groups is 2. The van der Waals surface area contributed by atoms with Crippen LogP contribution in [0.15, 0.2) is 69.2 Å². The van der Waals surface area contributed by atoms with Crippen LogP contribution in [0.25, 0.3) is 49.3 Å². The molecule has 0 aliphatic carbocycles. The van der Waals surface area contributed by atoms with Gasteiger partial charge in [-0.25, -0.2) is 39.5 Å². The van der Waals surface area contributed by atoms with Crippen LogP contribution in [0.5, 0.6) is 5.75 Å². The minimum absolute atomic E-state index is 0.0104. The number of nitrogens with zero attached hydrogens (tertiary/aromatic N) is 9. The van der Waals surface area contributed by atoms with Crippen molar-refractivity contribution in [1.29, 1.82) is 5.26 Å². The van der Waals surface area contributed by atoms with Crippen LogP contribution < -0.4 is 26.6 Å². The Morgan fingerprint density at radius 3 is 2.27 bits per heavy atom. The predicted molar refractivity (Wildman–Crippen MR) is 346 cm³/mol. The number of rotatable bonds is 8. The number of aromatic hydroxyl groups is 1. The number of hydrogen-bond acceptors (Lipinski definition) is 30. The third-order valence-electron chi connectivity index (χ3n) is 16.2. The van der Waals surface area contributed by atoms with Crippen LogP contribution in [0.2, 0.25) is 0 Å². The van der Waals surface area contributed by atoms with E-state index >= 15 is 14.4 Å². The molecule has 4 aliphatic heterocycles. The zero-order chi connectivity index (χ0) is 69.0. The van der Waals surface area contributed by atoms with Gasteiger partial charge in [0.15, 0.2) is 18.1 Å². The lowest BCUT2D eigenvalue weighted by Gasteiger charge is -2.48. The first-order valence-corrected chi connectivity index (χ1v) is 33.8. The average Bonchev–Trinajstić information content (AvgIpc) is 1.68. The van der Waals surface area contributed by atoms with Crippen LogP contribution in [-0.4, -0.2) is 178 Å². The number of benzene rings is 1. The molecule has 1 saturated heterocycles. The van der Waals surface area contributed by atoms with Gasteiger partial charge in [-0.05, 0) is 59.5 Å². The molecule has 504 valence electrons. The normalized spacial score (nSPS) is 24.1. The quantitative estimate of drug-likeness (QED) is 0.0421. The fraction of sp³-hybridized carbons (Fsp3) is 0.344. The number of esters is 2. The highest BCUT2D eigenvalue weighted by Crippen LogP contribution is 2.43. The van der Waals surface area contributed by atoms with Crippen molar-refractivity contribution < 1.29 is 82.5 Å². The van der Waals surface area contributed by atoms with Gasteiger partial charge in [-0.2, -0.15) is 9.99 Å².